The van der Waals surface area contributed by atoms with Crippen LogP contribution in [0.5, 0.6) is 0 Å². The van der Waals surface area contributed by atoms with Crippen LogP contribution in [0.15, 0.2) is 18.2 Å². The predicted molar refractivity (Wildman–Crippen MR) is 78.5 cm³/mol. The van der Waals surface area contributed by atoms with Crippen molar-refractivity contribution in [2.24, 2.45) is 0 Å². The maximum Gasteiger partial charge on any atom is 0.0460 e. The summed E-state index contributed by atoms with van der Waals surface area (Å²) in [6.45, 7) is 2.27. The molecule has 2 heteroatoms. The molecule has 1 N–H and O–H groups in total. The highest BCUT2D eigenvalue weighted by molar-refractivity contribution is 6.31. The Labute approximate surface area is 114 Å². The Balaban J connectivity index is 2.04. The van der Waals surface area contributed by atoms with Crippen LogP contribution in [-0.2, 0) is 6.42 Å². The zero-order valence-corrected chi connectivity index (χ0v) is 11.7. The monoisotopic (exact) mass is 261 g/mol. The lowest BCUT2D eigenvalue weighted by Crippen LogP contribution is -2.09. The van der Waals surface area contributed by atoms with Crippen LogP contribution >= 0.6 is 11.6 Å². The van der Waals surface area contributed by atoms with Gasteiger partial charge in [-0.1, -0.05) is 31.4 Å². The molecule has 0 saturated carbocycles. The van der Waals surface area contributed by atoms with Crippen LogP contribution in [0.4, 0.5) is 0 Å². The van der Waals surface area contributed by atoms with E-state index in [0.29, 0.717) is 0 Å². The molecule has 0 aliphatic heterocycles. The number of rotatable bonds is 3. The van der Waals surface area contributed by atoms with E-state index >= 15 is 0 Å². The van der Waals surface area contributed by atoms with E-state index in [9.17, 15) is 0 Å². The van der Waals surface area contributed by atoms with Crippen molar-refractivity contribution in [1.82, 2.24) is 4.98 Å². The summed E-state index contributed by atoms with van der Waals surface area (Å²) in [7, 11) is 0. The molecule has 1 aliphatic carbocycles. The molecule has 0 radical (unpaired) electrons. The molecule has 1 unspecified atom stereocenters. The van der Waals surface area contributed by atoms with Crippen molar-refractivity contribution in [2.45, 2.75) is 51.4 Å². The third kappa shape index (κ3) is 2.05. The van der Waals surface area contributed by atoms with Crippen molar-refractivity contribution < 1.29 is 0 Å². The van der Waals surface area contributed by atoms with Gasteiger partial charge in [0.1, 0.15) is 0 Å². The molecule has 0 spiro atoms. The van der Waals surface area contributed by atoms with Crippen molar-refractivity contribution in [3.05, 3.63) is 34.5 Å². The van der Waals surface area contributed by atoms with Crippen LogP contribution in [-0.4, -0.2) is 4.98 Å². The second-order valence-electron chi connectivity index (χ2n) is 5.44. The summed E-state index contributed by atoms with van der Waals surface area (Å²) >= 11 is 6.12. The van der Waals surface area contributed by atoms with Crippen LogP contribution in [0.2, 0.25) is 5.02 Å². The number of aryl methyl sites for hydroxylation is 1. The summed E-state index contributed by atoms with van der Waals surface area (Å²) in [5.74, 6) is 0.736. The zero-order chi connectivity index (χ0) is 12.5. The molecular formula is C16H20ClN. The summed E-state index contributed by atoms with van der Waals surface area (Å²) in [6, 6.07) is 6.22. The summed E-state index contributed by atoms with van der Waals surface area (Å²) in [6.07, 6.45) is 7.81. The number of benzene rings is 1. The first kappa shape index (κ1) is 12.1. The highest BCUT2D eigenvalue weighted by atomic mass is 35.5. The molecule has 96 valence electrons. The highest BCUT2D eigenvalue weighted by Gasteiger charge is 2.23. The SMILES string of the molecule is CCCCC1CCCc2c1[nH]c1ccc(Cl)cc21. The van der Waals surface area contributed by atoms with Gasteiger partial charge in [-0.3, -0.25) is 0 Å². The predicted octanol–water partition coefficient (Wildman–Crippen LogP) is 5.43. The minimum Gasteiger partial charge on any atom is -0.358 e. The van der Waals surface area contributed by atoms with E-state index in [4.69, 9.17) is 11.6 Å². The van der Waals surface area contributed by atoms with Gasteiger partial charge in [0.25, 0.3) is 0 Å². The maximum absolute atomic E-state index is 6.12. The number of fused-ring (bicyclic) bond motifs is 3. The molecule has 1 heterocycles. The van der Waals surface area contributed by atoms with Crippen molar-refractivity contribution in [2.75, 3.05) is 0 Å². The second-order valence-corrected chi connectivity index (χ2v) is 5.87. The molecule has 18 heavy (non-hydrogen) atoms. The molecule has 0 saturated heterocycles. The van der Waals surface area contributed by atoms with E-state index in [1.165, 1.54) is 60.7 Å². The number of nitrogens with one attached hydrogen (secondary N) is 1. The number of halogens is 1. The Morgan fingerprint density at radius 2 is 2.28 bits per heavy atom. The number of aromatic nitrogens is 1. The Morgan fingerprint density at radius 1 is 1.39 bits per heavy atom. The number of H-pyrrole nitrogens is 1. The lowest BCUT2D eigenvalue weighted by atomic mass is 9.84. The first-order chi connectivity index (χ1) is 8.79. The third-order valence-corrected chi connectivity index (χ3v) is 4.43. The molecule has 3 rings (SSSR count). The quantitative estimate of drug-likeness (QED) is 0.758. The largest absolute Gasteiger partial charge is 0.358 e. The lowest BCUT2D eigenvalue weighted by Gasteiger charge is -2.22. The van der Waals surface area contributed by atoms with E-state index < -0.39 is 0 Å². The highest BCUT2D eigenvalue weighted by Crippen LogP contribution is 2.39. The molecular weight excluding hydrogens is 242 g/mol. The normalized spacial score (nSPS) is 19.1. The van der Waals surface area contributed by atoms with E-state index in [0.717, 1.165) is 10.9 Å². The van der Waals surface area contributed by atoms with Crippen LogP contribution in [0, 0.1) is 0 Å². The van der Waals surface area contributed by atoms with Gasteiger partial charge in [-0.05, 0) is 55.4 Å². The van der Waals surface area contributed by atoms with Crippen molar-refractivity contribution in [3.8, 4) is 0 Å². The zero-order valence-electron chi connectivity index (χ0n) is 10.9. The molecule has 1 atom stereocenters. The number of hydrogen-bond acceptors (Lipinski definition) is 0. The van der Waals surface area contributed by atoms with Crippen LogP contribution in [0.1, 0.15) is 56.2 Å². The maximum atomic E-state index is 6.12. The Hall–Kier alpha value is -0.950. The first-order valence-electron chi connectivity index (χ1n) is 7.09. The van der Waals surface area contributed by atoms with Gasteiger partial charge in [0.2, 0.25) is 0 Å². The van der Waals surface area contributed by atoms with Gasteiger partial charge < -0.3 is 4.98 Å². The van der Waals surface area contributed by atoms with E-state index in [-0.39, 0.29) is 0 Å². The van der Waals surface area contributed by atoms with Crippen LogP contribution in [0.25, 0.3) is 10.9 Å². The number of unbranched alkanes of at least 4 members (excludes halogenated alkanes) is 1. The lowest BCUT2D eigenvalue weighted by molar-refractivity contribution is 0.495. The van der Waals surface area contributed by atoms with Crippen LogP contribution < -0.4 is 0 Å². The number of hydrogen-bond donors (Lipinski definition) is 1. The van der Waals surface area contributed by atoms with Crippen molar-refractivity contribution >= 4 is 22.5 Å². The van der Waals surface area contributed by atoms with Gasteiger partial charge in [-0.2, -0.15) is 0 Å². The fraction of sp³-hybridized carbons (Fsp3) is 0.500. The van der Waals surface area contributed by atoms with Gasteiger partial charge in [0.15, 0.2) is 0 Å². The van der Waals surface area contributed by atoms with Crippen LogP contribution in [0.3, 0.4) is 0 Å². The smallest absolute Gasteiger partial charge is 0.0460 e. The Kier molecular flexibility index (Phi) is 3.34. The Morgan fingerprint density at radius 3 is 3.11 bits per heavy atom. The average molecular weight is 262 g/mol. The first-order valence-corrected chi connectivity index (χ1v) is 7.47. The summed E-state index contributed by atoms with van der Waals surface area (Å²) in [5.41, 5.74) is 4.28. The van der Waals surface area contributed by atoms with E-state index in [1.54, 1.807) is 0 Å². The second kappa shape index (κ2) is 4.97. The molecule has 0 bridgehead atoms. The third-order valence-electron chi connectivity index (χ3n) is 4.19. The fourth-order valence-electron chi connectivity index (χ4n) is 3.27. The van der Waals surface area contributed by atoms with Crippen molar-refractivity contribution in [1.29, 1.82) is 0 Å². The van der Waals surface area contributed by atoms with Gasteiger partial charge >= 0.3 is 0 Å². The molecule has 1 aliphatic rings. The summed E-state index contributed by atoms with van der Waals surface area (Å²) in [5, 5.41) is 2.19. The topological polar surface area (TPSA) is 15.8 Å². The average Bonchev–Trinajstić information content (AvgIpc) is 2.75. The van der Waals surface area contributed by atoms with Gasteiger partial charge in [0.05, 0.1) is 0 Å². The number of aromatic amines is 1. The van der Waals surface area contributed by atoms with Gasteiger partial charge in [0, 0.05) is 21.6 Å². The fourth-order valence-corrected chi connectivity index (χ4v) is 3.44. The summed E-state index contributed by atoms with van der Waals surface area (Å²) < 4.78 is 0. The molecule has 1 aromatic carbocycles. The molecule has 1 nitrogen and oxygen atoms in total. The summed E-state index contributed by atoms with van der Waals surface area (Å²) in [4.78, 5) is 3.64. The molecule has 2 aromatic rings. The van der Waals surface area contributed by atoms with Gasteiger partial charge in [-0.25, -0.2) is 0 Å². The van der Waals surface area contributed by atoms with Crippen molar-refractivity contribution in [3.63, 3.8) is 0 Å². The molecule has 0 amide bonds. The minimum absolute atomic E-state index is 0.736. The van der Waals surface area contributed by atoms with E-state index in [1.807, 2.05) is 6.07 Å². The van der Waals surface area contributed by atoms with E-state index in [2.05, 4.69) is 24.0 Å². The Bertz CT molecular complexity index is 555. The minimum atomic E-state index is 0.736. The molecule has 0 fully saturated rings. The standard InChI is InChI=1S/C16H20ClN/c1-2-3-5-11-6-4-7-13-14-10-12(17)8-9-15(14)18-16(11)13/h8-11,18H,2-7H2,1H3. The molecule has 1 aromatic heterocycles. The van der Waals surface area contributed by atoms with Gasteiger partial charge in [-0.15, -0.1) is 0 Å².